The van der Waals surface area contributed by atoms with Crippen molar-refractivity contribution in [3.63, 3.8) is 0 Å². The van der Waals surface area contributed by atoms with E-state index in [1.165, 1.54) is 24.3 Å². The summed E-state index contributed by atoms with van der Waals surface area (Å²) in [5.74, 6) is -0.363. The first kappa shape index (κ1) is 15.5. The molecular weight excluding hydrogens is 358 g/mol. The quantitative estimate of drug-likeness (QED) is 0.716. The van der Waals surface area contributed by atoms with Gasteiger partial charge in [-0.3, -0.25) is 4.79 Å². The van der Waals surface area contributed by atoms with Crippen molar-refractivity contribution in [1.29, 1.82) is 0 Å². The molecule has 0 saturated carbocycles. The number of nitrogens with two attached hydrogens (primary N) is 2. The van der Waals surface area contributed by atoms with Gasteiger partial charge in [0.25, 0.3) is 5.91 Å². The van der Waals surface area contributed by atoms with Crippen LogP contribution in [0.4, 0.5) is 11.4 Å². The second-order valence-electron chi connectivity index (χ2n) is 4.23. The molecule has 0 saturated heterocycles. The van der Waals surface area contributed by atoms with Gasteiger partial charge in [0.2, 0.25) is 10.0 Å². The van der Waals surface area contributed by atoms with E-state index in [0.717, 1.165) is 0 Å². The Hall–Kier alpha value is -1.90. The summed E-state index contributed by atoms with van der Waals surface area (Å²) >= 11 is 3.25. The molecule has 0 spiro atoms. The lowest BCUT2D eigenvalue weighted by Gasteiger charge is -2.08. The first-order chi connectivity index (χ1) is 9.79. The summed E-state index contributed by atoms with van der Waals surface area (Å²) in [7, 11) is -3.75. The van der Waals surface area contributed by atoms with Crippen molar-refractivity contribution >= 4 is 43.2 Å². The highest BCUT2D eigenvalue weighted by Gasteiger charge is 2.13. The predicted molar refractivity (Wildman–Crippen MR) is 84.3 cm³/mol. The number of sulfonamides is 1. The zero-order valence-electron chi connectivity index (χ0n) is 10.7. The second-order valence-corrected chi connectivity index (χ2v) is 6.59. The van der Waals surface area contributed by atoms with Crippen LogP contribution in [-0.4, -0.2) is 14.3 Å². The van der Waals surface area contributed by atoms with Gasteiger partial charge >= 0.3 is 0 Å². The molecule has 1 amide bonds. The number of hydrogen-bond donors (Lipinski definition) is 3. The van der Waals surface area contributed by atoms with E-state index < -0.39 is 10.0 Å². The maximum atomic E-state index is 12.1. The van der Waals surface area contributed by atoms with Crippen molar-refractivity contribution in [1.82, 2.24) is 0 Å². The van der Waals surface area contributed by atoms with Crippen LogP contribution in [0, 0.1) is 0 Å². The van der Waals surface area contributed by atoms with Crippen molar-refractivity contribution in [3.05, 3.63) is 52.5 Å². The molecule has 8 heteroatoms. The minimum absolute atomic E-state index is 0.0226. The molecule has 2 aromatic carbocycles. The summed E-state index contributed by atoms with van der Waals surface area (Å²) in [5, 5.41) is 7.65. The molecule has 0 heterocycles. The predicted octanol–water partition coefficient (Wildman–Crippen LogP) is 1.93. The molecule has 21 heavy (non-hydrogen) atoms. The van der Waals surface area contributed by atoms with E-state index >= 15 is 0 Å². The number of benzene rings is 2. The van der Waals surface area contributed by atoms with Crippen molar-refractivity contribution < 1.29 is 13.2 Å². The van der Waals surface area contributed by atoms with Gasteiger partial charge in [-0.25, -0.2) is 13.6 Å². The van der Waals surface area contributed by atoms with Crippen LogP contribution < -0.4 is 16.2 Å². The molecule has 0 atom stereocenters. The molecule has 0 bridgehead atoms. The Kier molecular flexibility index (Phi) is 4.31. The van der Waals surface area contributed by atoms with Gasteiger partial charge < -0.3 is 11.1 Å². The molecule has 0 aliphatic carbocycles. The summed E-state index contributed by atoms with van der Waals surface area (Å²) < 4.78 is 22.8. The number of rotatable bonds is 3. The molecule has 6 nitrogen and oxygen atoms in total. The molecule has 0 radical (unpaired) electrons. The van der Waals surface area contributed by atoms with E-state index in [0.29, 0.717) is 21.4 Å². The Morgan fingerprint density at radius 2 is 1.71 bits per heavy atom. The molecule has 0 aliphatic heterocycles. The molecule has 0 aromatic heterocycles. The fraction of sp³-hybridized carbons (Fsp3) is 0. The molecule has 0 unspecified atom stereocenters. The van der Waals surface area contributed by atoms with Crippen molar-refractivity contribution in [2.75, 3.05) is 11.1 Å². The van der Waals surface area contributed by atoms with Gasteiger partial charge in [0.15, 0.2) is 0 Å². The summed E-state index contributed by atoms with van der Waals surface area (Å²) in [4.78, 5) is 12.1. The third-order valence-electron chi connectivity index (χ3n) is 2.71. The van der Waals surface area contributed by atoms with Crippen LogP contribution in [0.25, 0.3) is 0 Å². The summed E-state index contributed by atoms with van der Waals surface area (Å²) in [6, 6.07) is 10.5. The third kappa shape index (κ3) is 3.60. The zero-order chi connectivity index (χ0) is 15.6. The fourth-order valence-electron chi connectivity index (χ4n) is 1.65. The Labute approximate surface area is 130 Å². The van der Waals surface area contributed by atoms with Gasteiger partial charge in [0.1, 0.15) is 0 Å². The van der Waals surface area contributed by atoms with Gasteiger partial charge in [-0.05, 0) is 52.3 Å². The second kappa shape index (κ2) is 5.84. The minimum atomic E-state index is -3.75. The number of nitrogen functional groups attached to an aromatic ring is 1. The van der Waals surface area contributed by atoms with Crippen LogP contribution in [0.3, 0.4) is 0 Å². The van der Waals surface area contributed by atoms with Crippen molar-refractivity contribution in [2.45, 2.75) is 4.90 Å². The van der Waals surface area contributed by atoms with Crippen LogP contribution in [-0.2, 0) is 10.0 Å². The van der Waals surface area contributed by atoms with Gasteiger partial charge in [0.05, 0.1) is 14.9 Å². The smallest absolute Gasteiger partial charge is 0.256 e. The topological polar surface area (TPSA) is 115 Å². The number of primary sulfonamides is 1. The van der Waals surface area contributed by atoms with Crippen LogP contribution in [0.1, 0.15) is 10.4 Å². The summed E-state index contributed by atoms with van der Waals surface area (Å²) in [5.41, 5.74) is 6.99. The van der Waals surface area contributed by atoms with Crippen molar-refractivity contribution in [2.24, 2.45) is 5.14 Å². The number of carbonyl (C=O) groups excluding carboxylic acids is 1. The zero-order valence-corrected chi connectivity index (χ0v) is 13.1. The Morgan fingerprint density at radius 3 is 2.29 bits per heavy atom. The molecule has 5 N–H and O–H groups in total. The fourth-order valence-corrected chi connectivity index (χ4v) is 2.61. The van der Waals surface area contributed by atoms with Crippen LogP contribution in [0.15, 0.2) is 51.8 Å². The largest absolute Gasteiger partial charge is 0.398 e. The third-order valence-corrected chi connectivity index (χ3v) is 4.53. The lowest BCUT2D eigenvalue weighted by atomic mass is 10.2. The highest BCUT2D eigenvalue weighted by atomic mass is 79.9. The van der Waals surface area contributed by atoms with Gasteiger partial charge in [-0.1, -0.05) is 6.07 Å². The monoisotopic (exact) mass is 369 g/mol. The van der Waals surface area contributed by atoms with Gasteiger partial charge in [0, 0.05) is 11.4 Å². The van der Waals surface area contributed by atoms with E-state index in [9.17, 15) is 13.2 Å². The molecule has 0 fully saturated rings. The average molecular weight is 370 g/mol. The first-order valence-electron chi connectivity index (χ1n) is 5.77. The Morgan fingerprint density at radius 1 is 1.10 bits per heavy atom. The van der Waals surface area contributed by atoms with Crippen LogP contribution in [0.2, 0.25) is 0 Å². The van der Waals surface area contributed by atoms with Crippen LogP contribution >= 0.6 is 15.9 Å². The maximum absolute atomic E-state index is 12.1. The van der Waals surface area contributed by atoms with Crippen molar-refractivity contribution in [3.8, 4) is 0 Å². The van der Waals surface area contributed by atoms with Crippen LogP contribution in [0.5, 0.6) is 0 Å². The molecule has 110 valence electrons. The normalized spacial score (nSPS) is 11.1. The highest BCUT2D eigenvalue weighted by molar-refractivity contribution is 9.10. The van der Waals surface area contributed by atoms with E-state index in [-0.39, 0.29) is 10.8 Å². The van der Waals surface area contributed by atoms with Gasteiger partial charge in [-0.15, -0.1) is 0 Å². The molecule has 2 rings (SSSR count). The summed E-state index contributed by atoms with van der Waals surface area (Å²) in [6.07, 6.45) is 0. The lowest BCUT2D eigenvalue weighted by Crippen LogP contribution is -2.14. The number of nitrogens with one attached hydrogen (secondary N) is 1. The minimum Gasteiger partial charge on any atom is -0.398 e. The lowest BCUT2D eigenvalue weighted by molar-refractivity contribution is 0.102. The highest BCUT2D eigenvalue weighted by Crippen LogP contribution is 2.24. The number of anilines is 2. The number of halogens is 1. The first-order valence-corrected chi connectivity index (χ1v) is 8.11. The average Bonchev–Trinajstić information content (AvgIpc) is 2.41. The Bertz CT molecular complexity index is 789. The number of hydrogen-bond acceptors (Lipinski definition) is 4. The molecule has 0 aliphatic rings. The molecular formula is C13H12BrN3O3S. The van der Waals surface area contributed by atoms with Gasteiger partial charge in [-0.2, -0.15) is 0 Å². The SMILES string of the molecule is Nc1cccc(C(=O)Nc2ccc(S(N)(=O)=O)cc2)c1Br. The number of carbonyl (C=O) groups is 1. The standard InChI is InChI=1S/C13H12BrN3O3S/c14-12-10(2-1-3-11(12)15)13(18)17-8-4-6-9(7-5-8)21(16,19)20/h1-7H,15H2,(H,17,18)(H2,16,19,20). The molecule has 2 aromatic rings. The van der Waals surface area contributed by atoms with E-state index in [4.69, 9.17) is 10.9 Å². The summed E-state index contributed by atoms with van der Waals surface area (Å²) in [6.45, 7) is 0. The van der Waals surface area contributed by atoms with E-state index in [1.54, 1.807) is 18.2 Å². The Balaban J connectivity index is 2.22. The van der Waals surface area contributed by atoms with E-state index in [1.807, 2.05) is 0 Å². The van der Waals surface area contributed by atoms with E-state index in [2.05, 4.69) is 21.2 Å². The number of amides is 1. The maximum Gasteiger partial charge on any atom is 0.256 e.